The second-order valence-electron chi connectivity index (χ2n) is 13.8. The van der Waals surface area contributed by atoms with E-state index < -0.39 is 26.2 Å². The van der Waals surface area contributed by atoms with Crippen LogP contribution in [0.5, 0.6) is 0 Å². The minimum atomic E-state index is -4.38. The second kappa shape index (κ2) is 10.9. The van der Waals surface area contributed by atoms with Gasteiger partial charge in [0.25, 0.3) is 0 Å². The summed E-state index contributed by atoms with van der Waals surface area (Å²) in [6, 6.07) is 7.23. The molecule has 2 heterocycles. The molecule has 1 aromatic heterocycles. The Kier molecular flexibility index (Phi) is 8.31. The third kappa shape index (κ3) is 6.05. The molecule has 5 rings (SSSR count). The first-order valence-corrected chi connectivity index (χ1v) is 18.4. The Morgan fingerprint density at radius 1 is 1.07 bits per heavy atom. The van der Waals surface area contributed by atoms with Crippen molar-refractivity contribution in [1.29, 1.82) is 0 Å². The summed E-state index contributed by atoms with van der Waals surface area (Å²) in [6.07, 6.45) is 0.119. The number of nitrogens with zero attached hydrogens (tertiary/aromatic N) is 1. The number of aliphatic hydroxyl groups is 1. The van der Waals surface area contributed by atoms with Gasteiger partial charge in [0.05, 0.1) is 17.8 Å². The zero-order valence-corrected chi connectivity index (χ0v) is 27.2. The van der Waals surface area contributed by atoms with E-state index in [0.717, 1.165) is 75.3 Å². The molecule has 0 radical (unpaired) electrons. The Hall–Kier alpha value is -1.01. The molecule has 1 spiro atoms. The van der Waals surface area contributed by atoms with Crippen LogP contribution in [0.2, 0.25) is 18.1 Å². The SMILES string of the molecule is CC(C)(C)[Si](C)(C)O[C@H]1CC2(Cc3nc(C4CCOCC4)cc(I)c31)CC([C@@H](O)c1ccc(C(F)(F)F)cc1)C2. The van der Waals surface area contributed by atoms with E-state index in [1.807, 2.05) is 0 Å². The highest BCUT2D eigenvalue weighted by Crippen LogP contribution is 2.60. The summed E-state index contributed by atoms with van der Waals surface area (Å²) in [5.74, 6) is 0.408. The van der Waals surface area contributed by atoms with Crippen molar-refractivity contribution in [3.63, 3.8) is 0 Å². The molecule has 0 unspecified atom stereocenters. The maximum Gasteiger partial charge on any atom is 0.416 e. The lowest BCUT2D eigenvalue weighted by molar-refractivity contribution is -0.137. The molecule has 1 N–H and O–H groups in total. The fourth-order valence-electron chi connectivity index (χ4n) is 6.55. The molecule has 1 aromatic carbocycles. The van der Waals surface area contributed by atoms with Crippen LogP contribution < -0.4 is 0 Å². The molecule has 2 atom stereocenters. The van der Waals surface area contributed by atoms with Gasteiger partial charge < -0.3 is 14.3 Å². The average Bonchev–Trinajstić information content (AvgIpc) is 2.85. The van der Waals surface area contributed by atoms with Crippen molar-refractivity contribution in [1.82, 2.24) is 4.98 Å². The number of aromatic nitrogens is 1. The van der Waals surface area contributed by atoms with Gasteiger partial charge in [-0.25, -0.2) is 0 Å². The van der Waals surface area contributed by atoms with E-state index in [1.165, 1.54) is 21.3 Å². The summed E-state index contributed by atoms with van der Waals surface area (Å²) in [4.78, 5) is 5.28. The van der Waals surface area contributed by atoms with Crippen LogP contribution in [-0.2, 0) is 21.8 Å². The molecule has 1 aliphatic heterocycles. The van der Waals surface area contributed by atoms with Crippen LogP contribution in [0.1, 0.15) is 99.1 Å². The molecule has 40 heavy (non-hydrogen) atoms. The maximum atomic E-state index is 13.0. The number of halogens is 4. The lowest BCUT2D eigenvalue weighted by atomic mass is 9.53. The van der Waals surface area contributed by atoms with Crippen LogP contribution in [0, 0.1) is 14.9 Å². The molecule has 4 nitrogen and oxygen atoms in total. The Bertz CT molecular complexity index is 1220. The fourth-order valence-corrected chi connectivity index (χ4v) is 8.80. The molecule has 0 amide bonds. The lowest BCUT2D eigenvalue weighted by Crippen LogP contribution is -2.49. The summed E-state index contributed by atoms with van der Waals surface area (Å²) in [7, 11) is -2.08. The number of aliphatic hydroxyl groups excluding tert-OH is 1. The van der Waals surface area contributed by atoms with Gasteiger partial charge in [-0.1, -0.05) is 32.9 Å². The molecular weight excluding hydrogens is 646 g/mol. The minimum absolute atomic E-state index is 0.00422. The van der Waals surface area contributed by atoms with Crippen molar-refractivity contribution in [2.24, 2.45) is 11.3 Å². The molecular formula is C31H41F3INO3Si. The third-order valence-corrected chi connectivity index (χ3v) is 15.3. The van der Waals surface area contributed by atoms with Gasteiger partial charge in [0.15, 0.2) is 8.32 Å². The first kappa shape index (κ1) is 30.4. The first-order chi connectivity index (χ1) is 18.6. The van der Waals surface area contributed by atoms with Crippen molar-refractivity contribution in [2.75, 3.05) is 13.2 Å². The minimum Gasteiger partial charge on any atom is -0.410 e. The fraction of sp³-hybridized carbons (Fsp3) is 0.645. The van der Waals surface area contributed by atoms with Crippen molar-refractivity contribution in [3.8, 4) is 0 Å². The highest BCUT2D eigenvalue weighted by molar-refractivity contribution is 14.1. The first-order valence-electron chi connectivity index (χ1n) is 14.4. The van der Waals surface area contributed by atoms with Crippen molar-refractivity contribution >= 4 is 30.9 Å². The van der Waals surface area contributed by atoms with Crippen LogP contribution in [0.3, 0.4) is 0 Å². The molecule has 2 aliphatic carbocycles. The van der Waals surface area contributed by atoms with E-state index in [0.29, 0.717) is 11.5 Å². The van der Waals surface area contributed by atoms with Crippen LogP contribution in [-0.4, -0.2) is 31.6 Å². The summed E-state index contributed by atoms with van der Waals surface area (Å²) < 4.78 is 53.0. The zero-order chi connectivity index (χ0) is 29.1. The van der Waals surface area contributed by atoms with Crippen LogP contribution in [0.4, 0.5) is 13.2 Å². The lowest BCUT2D eigenvalue weighted by Gasteiger charge is -2.54. The summed E-state index contributed by atoms with van der Waals surface area (Å²) in [5.41, 5.74) is 3.35. The van der Waals surface area contributed by atoms with Gasteiger partial charge in [-0.15, -0.1) is 0 Å². The molecule has 220 valence electrons. The highest BCUT2D eigenvalue weighted by atomic mass is 127. The van der Waals surface area contributed by atoms with Gasteiger partial charge in [0, 0.05) is 39.7 Å². The number of hydrogen-bond acceptors (Lipinski definition) is 4. The monoisotopic (exact) mass is 687 g/mol. The van der Waals surface area contributed by atoms with Crippen molar-refractivity contribution in [2.45, 2.75) is 102 Å². The average molecular weight is 688 g/mol. The molecule has 3 aliphatic rings. The zero-order valence-electron chi connectivity index (χ0n) is 24.1. The third-order valence-electron chi connectivity index (χ3n) is 9.89. The van der Waals surface area contributed by atoms with E-state index in [4.69, 9.17) is 14.1 Å². The van der Waals surface area contributed by atoms with Gasteiger partial charge in [-0.3, -0.25) is 4.98 Å². The summed E-state index contributed by atoms with van der Waals surface area (Å²) in [5, 5.41) is 11.2. The number of ether oxygens (including phenoxy) is 1. The number of rotatable bonds is 5. The quantitative estimate of drug-likeness (QED) is 0.253. The van der Waals surface area contributed by atoms with Gasteiger partial charge in [0.1, 0.15) is 0 Å². The molecule has 0 bridgehead atoms. The molecule has 2 fully saturated rings. The van der Waals surface area contributed by atoms with Crippen molar-refractivity contribution < 1.29 is 27.4 Å². The van der Waals surface area contributed by atoms with Crippen molar-refractivity contribution in [3.05, 3.63) is 62.0 Å². The highest BCUT2D eigenvalue weighted by Gasteiger charge is 2.53. The van der Waals surface area contributed by atoms with Gasteiger partial charge >= 0.3 is 6.18 Å². The van der Waals surface area contributed by atoms with E-state index in [1.54, 1.807) is 0 Å². The molecule has 1 saturated heterocycles. The Morgan fingerprint density at radius 2 is 1.70 bits per heavy atom. The van der Waals surface area contributed by atoms with Gasteiger partial charge in [0.2, 0.25) is 0 Å². The maximum absolute atomic E-state index is 13.0. The molecule has 1 saturated carbocycles. The number of hydrogen-bond donors (Lipinski definition) is 1. The largest absolute Gasteiger partial charge is 0.416 e. The number of benzene rings is 1. The van der Waals surface area contributed by atoms with E-state index in [9.17, 15) is 18.3 Å². The predicted octanol–water partition coefficient (Wildman–Crippen LogP) is 8.74. The molecule has 2 aromatic rings. The Balaban J connectivity index is 1.41. The van der Waals surface area contributed by atoms with E-state index in [-0.39, 0.29) is 22.5 Å². The van der Waals surface area contributed by atoms with Crippen LogP contribution in [0.25, 0.3) is 0 Å². The normalized spacial score (nSPS) is 26.9. The second-order valence-corrected chi connectivity index (χ2v) is 19.7. The van der Waals surface area contributed by atoms with Gasteiger partial charge in [-0.2, -0.15) is 13.2 Å². The Morgan fingerprint density at radius 3 is 2.27 bits per heavy atom. The number of alkyl halides is 3. The predicted molar refractivity (Wildman–Crippen MR) is 161 cm³/mol. The van der Waals surface area contributed by atoms with Gasteiger partial charge in [-0.05, 0) is 114 Å². The van der Waals surface area contributed by atoms with E-state index in [2.05, 4.69) is 62.5 Å². The van der Waals surface area contributed by atoms with Crippen LogP contribution >= 0.6 is 22.6 Å². The Labute approximate surface area is 250 Å². The topological polar surface area (TPSA) is 51.6 Å². The molecule has 9 heteroatoms. The standard InChI is InChI=1S/C31H41F3INO3Si/c1-29(2,3)40(4,5)39-26-18-30(15-21(16-30)28(37)20-6-8-22(9-7-20)31(32,33)34)17-25-27(26)23(35)14-24(36-25)19-10-12-38-13-11-19/h6-9,14,19,21,26,28,37H,10-13,15-18H2,1-5H3/t21?,26-,28-,30?/m0/s1. The summed E-state index contributed by atoms with van der Waals surface area (Å²) >= 11 is 2.47. The number of fused-ring (bicyclic) bond motifs is 1. The number of pyridine rings is 1. The smallest absolute Gasteiger partial charge is 0.410 e. The van der Waals surface area contributed by atoms with E-state index >= 15 is 0 Å². The summed E-state index contributed by atoms with van der Waals surface area (Å²) in [6.45, 7) is 12.9. The van der Waals surface area contributed by atoms with Crippen LogP contribution in [0.15, 0.2) is 30.3 Å².